The number of halogens is 2. The molecule has 0 aliphatic rings. The highest BCUT2D eigenvalue weighted by Gasteiger charge is 2.07. The summed E-state index contributed by atoms with van der Waals surface area (Å²) in [4.78, 5) is 16.3. The standard InChI is InChI=1S/C15H19N3O2S.2ClH/c1-20-8-7-16-5-6-17-15(19)13-4-2-3-12(9-13)14-10-21-11-18-14;;/h2-4,9-11,16H,5-8H2,1H3,(H,17,19);2*1H. The molecular formula is C15H21Cl2N3O2S. The molecule has 0 unspecified atom stereocenters. The van der Waals surface area contributed by atoms with E-state index in [0.29, 0.717) is 18.7 Å². The van der Waals surface area contributed by atoms with E-state index in [1.54, 1.807) is 24.0 Å². The Labute approximate surface area is 152 Å². The summed E-state index contributed by atoms with van der Waals surface area (Å²) in [6, 6.07) is 7.50. The minimum absolute atomic E-state index is 0. The number of ether oxygens (including phenoxy) is 1. The van der Waals surface area contributed by atoms with Crippen molar-refractivity contribution in [2.45, 2.75) is 0 Å². The number of thiazole rings is 1. The van der Waals surface area contributed by atoms with Crippen LogP contribution in [0.5, 0.6) is 0 Å². The second-order valence-corrected chi connectivity index (χ2v) is 5.17. The Morgan fingerprint density at radius 3 is 2.78 bits per heavy atom. The molecule has 128 valence electrons. The summed E-state index contributed by atoms with van der Waals surface area (Å²) in [5, 5.41) is 8.04. The average Bonchev–Trinajstić information content (AvgIpc) is 3.05. The maximum atomic E-state index is 12.1. The molecule has 0 aliphatic heterocycles. The van der Waals surface area contributed by atoms with E-state index in [2.05, 4.69) is 15.6 Å². The van der Waals surface area contributed by atoms with Crippen LogP contribution in [0.25, 0.3) is 11.3 Å². The van der Waals surface area contributed by atoms with Crippen molar-refractivity contribution in [3.05, 3.63) is 40.7 Å². The molecule has 0 atom stereocenters. The summed E-state index contributed by atoms with van der Waals surface area (Å²) in [6.07, 6.45) is 0. The van der Waals surface area contributed by atoms with E-state index in [0.717, 1.165) is 24.3 Å². The lowest BCUT2D eigenvalue weighted by molar-refractivity contribution is 0.0953. The molecule has 0 fully saturated rings. The molecule has 0 radical (unpaired) electrons. The first-order chi connectivity index (χ1) is 10.3. The van der Waals surface area contributed by atoms with Gasteiger partial charge in [-0.05, 0) is 12.1 Å². The first-order valence-electron chi connectivity index (χ1n) is 6.77. The summed E-state index contributed by atoms with van der Waals surface area (Å²) in [6.45, 7) is 2.76. The Morgan fingerprint density at radius 1 is 1.26 bits per heavy atom. The van der Waals surface area contributed by atoms with Gasteiger partial charge in [-0.25, -0.2) is 4.98 Å². The zero-order chi connectivity index (χ0) is 14.9. The van der Waals surface area contributed by atoms with Crippen LogP contribution >= 0.6 is 36.2 Å². The van der Waals surface area contributed by atoms with Crippen molar-refractivity contribution >= 4 is 42.1 Å². The highest BCUT2D eigenvalue weighted by Crippen LogP contribution is 2.19. The van der Waals surface area contributed by atoms with Gasteiger partial charge in [0.25, 0.3) is 5.91 Å². The maximum absolute atomic E-state index is 12.1. The molecule has 0 aliphatic carbocycles. The van der Waals surface area contributed by atoms with Gasteiger partial charge in [0.1, 0.15) is 0 Å². The highest BCUT2D eigenvalue weighted by molar-refractivity contribution is 7.07. The number of benzene rings is 1. The SMILES string of the molecule is COCCNCCNC(=O)c1cccc(-c2cscn2)c1.Cl.Cl. The first-order valence-corrected chi connectivity index (χ1v) is 7.72. The first kappa shape index (κ1) is 21.8. The van der Waals surface area contributed by atoms with Crippen molar-refractivity contribution in [1.82, 2.24) is 15.6 Å². The molecule has 0 saturated carbocycles. The number of carbonyl (C=O) groups is 1. The second-order valence-electron chi connectivity index (χ2n) is 4.45. The fourth-order valence-corrected chi connectivity index (χ4v) is 2.40. The third kappa shape index (κ3) is 7.28. The lowest BCUT2D eigenvalue weighted by atomic mass is 10.1. The van der Waals surface area contributed by atoms with Crippen LogP contribution in [0, 0.1) is 0 Å². The second kappa shape index (κ2) is 12.3. The van der Waals surface area contributed by atoms with Gasteiger partial charge in [-0.1, -0.05) is 12.1 Å². The Morgan fingerprint density at radius 2 is 2.09 bits per heavy atom. The fourth-order valence-electron chi connectivity index (χ4n) is 1.84. The molecule has 8 heteroatoms. The number of rotatable bonds is 8. The molecular weight excluding hydrogens is 357 g/mol. The number of hydrogen-bond acceptors (Lipinski definition) is 5. The van der Waals surface area contributed by atoms with E-state index in [4.69, 9.17) is 4.74 Å². The number of nitrogens with one attached hydrogen (secondary N) is 2. The molecule has 0 spiro atoms. The van der Waals surface area contributed by atoms with Crippen LogP contribution in [0.1, 0.15) is 10.4 Å². The summed E-state index contributed by atoms with van der Waals surface area (Å²) < 4.78 is 4.93. The summed E-state index contributed by atoms with van der Waals surface area (Å²) in [7, 11) is 1.67. The van der Waals surface area contributed by atoms with Crippen LogP contribution in [-0.2, 0) is 4.74 Å². The quantitative estimate of drug-likeness (QED) is 0.694. The van der Waals surface area contributed by atoms with E-state index in [1.165, 1.54) is 0 Å². The zero-order valence-corrected chi connectivity index (χ0v) is 15.2. The number of methoxy groups -OCH3 is 1. The third-order valence-corrected chi connectivity index (χ3v) is 3.51. The lowest BCUT2D eigenvalue weighted by Gasteiger charge is -2.07. The van der Waals surface area contributed by atoms with Gasteiger partial charge < -0.3 is 15.4 Å². The number of hydrogen-bond donors (Lipinski definition) is 2. The van der Waals surface area contributed by atoms with Gasteiger partial charge in [0.15, 0.2) is 0 Å². The van der Waals surface area contributed by atoms with Crippen molar-refractivity contribution in [3.8, 4) is 11.3 Å². The van der Waals surface area contributed by atoms with E-state index >= 15 is 0 Å². The molecule has 1 heterocycles. The van der Waals surface area contributed by atoms with Gasteiger partial charge in [-0.3, -0.25) is 4.79 Å². The van der Waals surface area contributed by atoms with Gasteiger partial charge in [-0.15, -0.1) is 36.2 Å². The molecule has 23 heavy (non-hydrogen) atoms. The number of aromatic nitrogens is 1. The summed E-state index contributed by atoms with van der Waals surface area (Å²) >= 11 is 1.54. The van der Waals surface area contributed by atoms with Crippen molar-refractivity contribution in [1.29, 1.82) is 0 Å². The summed E-state index contributed by atoms with van der Waals surface area (Å²) in [5.74, 6) is -0.0689. The fraction of sp³-hybridized carbons (Fsp3) is 0.333. The molecule has 0 saturated heterocycles. The molecule has 2 N–H and O–H groups in total. The molecule has 1 aromatic heterocycles. The normalized spacial score (nSPS) is 9.61. The number of carbonyl (C=O) groups excluding carboxylic acids is 1. The largest absolute Gasteiger partial charge is 0.383 e. The highest BCUT2D eigenvalue weighted by atomic mass is 35.5. The van der Waals surface area contributed by atoms with Crippen LogP contribution < -0.4 is 10.6 Å². The topological polar surface area (TPSA) is 63.2 Å². The van der Waals surface area contributed by atoms with Crippen LogP contribution in [0.2, 0.25) is 0 Å². The molecule has 2 rings (SSSR count). The van der Waals surface area contributed by atoms with Crippen LogP contribution in [0.4, 0.5) is 0 Å². The number of nitrogens with zero attached hydrogens (tertiary/aromatic N) is 1. The molecule has 0 bridgehead atoms. The van der Waals surface area contributed by atoms with E-state index in [9.17, 15) is 4.79 Å². The Balaban J connectivity index is 0.00000242. The van der Waals surface area contributed by atoms with Gasteiger partial charge in [0.2, 0.25) is 0 Å². The van der Waals surface area contributed by atoms with Crippen LogP contribution in [-0.4, -0.2) is 44.2 Å². The lowest BCUT2D eigenvalue weighted by Crippen LogP contribution is -2.33. The predicted octanol–water partition coefficient (Wildman–Crippen LogP) is 2.62. The maximum Gasteiger partial charge on any atom is 0.251 e. The minimum atomic E-state index is -0.0689. The Hall–Kier alpha value is -1.18. The Kier molecular flexibility index (Phi) is 11.6. The van der Waals surface area contributed by atoms with Crippen molar-refractivity contribution in [3.63, 3.8) is 0 Å². The molecule has 5 nitrogen and oxygen atoms in total. The van der Waals surface area contributed by atoms with Crippen LogP contribution in [0.3, 0.4) is 0 Å². The van der Waals surface area contributed by atoms with E-state index in [1.807, 2.05) is 29.6 Å². The van der Waals surface area contributed by atoms with Crippen LogP contribution in [0.15, 0.2) is 35.2 Å². The van der Waals surface area contributed by atoms with Gasteiger partial charge in [-0.2, -0.15) is 0 Å². The zero-order valence-electron chi connectivity index (χ0n) is 12.8. The van der Waals surface area contributed by atoms with E-state index < -0.39 is 0 Å². The monoisotopic (exact) mass is 377 g/mol. The van der Waals surface area contributed by atoms with Gasteiger partial charge >= 0.3 is 0 Å². The van der Waals surface area contributed by atoms with Crippen molar-refractivity contribution in [2.24, 2.45) is 0 Å². The van der Waals surface area contributed by atoms with E-state index in [-0.39, 0.29) is 30.7 Å². The van der Waals surface area contributed by atoms with Gasteiger partial charge in [0.05, 0.1) is 17.8 Å². The van der Waals surface area contributed by atoms with Crippen molar-refractivity contribution in [2.75, 3.05) is 33.4 Å². The minimum Gasteiger partial charge on any atom is -0.383 e. The number of amides is 1. The molecule has 2 aromatic rings. The molecule has 1 aromatic carbocycles. The smallest absolute Gasteiger partial charge is 0.251 e. The predicted molar refractivity (Wildman–Crippen MR) is 99.1 cm³/mol. The summed E-state index contributed by atoms with van der Waals surface area (Å²) in [5.41, 5.74) is 4.30. The Bertz CT molecular complexity index is 568. The molecule has 1 amide bonds. The van der Waals surface area contributed by atoms with Gasteiger partial charge in [0, 0.05) is 43.3 Å². The third-order valence-electron chi connectivity index (χ3n) is 2.92. The van der Waals surface area contributed by atoms with Crippen molar-refractivity contribution < 1.29 is 9.53 Å². The average molecular weight is 378 g/mol.